The van der Waals surface area contributed by atoms with E-state index in [1.165, 1.54) is 5.56 Å². The Kier molecular flexibility index (Phi) is 5.15. The molecule has 1 aliphatic heterocycles. The zero-order chi connectivity index (χ0) is 20.7. The van der Waals surface area contributed by atoms with Crippen molar-refractivity contribution in [1.82, 2.24) is 24.5 Å². The van der Waals surface area contributed by atoms with Crippen molar-refractivity contribution in [1.29, 1.82) is 0 Å². The fraction of sp³-hybridized carbons (Fsp3) is 0.348. The summed E-state index contributed by atoms with van der Waals surface area (Å²) in [6.45, 7) is 4.98. The second kappa shape index (κ2) is 7.95. The minimum absolute atomic E-state index is 0.389. The van der Waals surface area contributed by atoms with Gasteiger partial charge in [0.1, 0.15) is 0 Å². The first-order valence-electron chi connectivity index (χ1n) is 10.3. The lowest BCUT2D eigenvalue weighted by molar-refractivity contribution is 0.0389. The molecule has 4 aromatic rings. The first-order chi connectivity index (χ1) is 14.6. The lowest BCUT2D eigenvalue weighted by atomic mass is 10.1. The van der Waals surface area contributed by atoms with Crippen molar-refractivity contribution in [3.8, 4) is 11.4 Å². The van der Waals surface area contributed by atoms with Gasteiger partial charge < -0.3 is 4.74 Å². The van der Waals surface area contributed by atoms with E-state index >= 15 is 0 Å². The highest BCUT2D eigenvalue weighted by Gasteiger charge is 2.20. The average Bonchev–Trinajstić information content (AvgIpc) is 3.21. The van der Waals surface area contributed by atoms with Gasteiger partial charge in [-0.25, -0.2) is 4.98 Å². The molecule has 7 heteroatoms. The number of halogens is 1. The van der Waals surface area contributed by atoms with Crippen LogP contribution >= 0.6 is 11.6 Å². The molecule has 154 valence electrons. The van der Waals surface area contributed by atoms with Gasteiger partial charge in [0, 0.05) is 32.3 Å². The highest BCUT2D eigenvalue weighted by molar-refractivity contribution is 6.33. The van der Waals surface area contributed by atoms with Crippen LogP contribution in [0.25, 0.3) is 28.1 Å². The molecule has 1 saturated heterocycles. The molecule has 2 aromatic carbocycles. The van der Waals surface area contributed by atoms with Crippen molar-refractivity contribution in [3.63, 3.8) is 0 Å². The smallest absolute Gasteiger partial charge is 0.183 e. The highest BCUT2D eigenvalue weighted by Crippen LogP contribution is 2.30. The molecular weight excluding hydrogens is 398 g/mol. The molecule has 0 aliphatic carbocycles. The van der Waals surface area contributed by atoms with Crippen LogP contribution in [0.5, 0.6) is 0 Å². The standard InChI is InChI=1S/C23H24ClN5O/c1-15-22-26-27-23(18-5-3-4-6-19(18)24)29(22)21-13-16(7-8-20(21)25-15)14-28-11-9-17(30-2)10-12-28/h3-8,13,17H,9-12,14H2,1-2H3. The summed E-state index contributed by atoms with van der Waals surface area (Å²) in [5, 5.41) is 9.54. The van der Waals surface area contributed by atoms with Gasteiger partial charge in [-0.15, -0.1) is 10.2 Å². The summed E-state index contributed by atoms with van der Waals surface area (Å²) < 4.78 is 7.58. The SMILES string of the molecule is COC1CCN(Cc2ccc3nc(C)c4nnc(-c5ccccc5Cl)n4c3c2)CC1. The first kappa shape index (κ1) is 19.4. The van der Waals surface area contributed by atoms with E-state index in [2.05, 4.69) is 37.7 Å². The summed E-state index contributed by atoms with van der Waals surface area (Å²) in [7, 11) is 1.81. The summed E-state index contributed by atoms with van der Waals surface area (Å²) in [5.74, 6) is 0.740. The van der Waals surface area contributed by atoms with Gasteiger partial charge in [0.05, 0.1) is 27.9 Å². The van der Waals surface area contributed by atoms with E-state index in [1.54, 1.807) is 7.11 Å². The summed E-state index contributed by atoms with van der Waals surface area (Å²) in [5.41, 5.74) is 5.66. The molecule has 0 bridgehead atoms. The van der Waals surface area contributed by atoms with Gasteiger partial charge in [0.2, 0.25) is 0 Å². The zero-order valence-corrected chi connectivity index (χ0v) is 17.9. The van der Waals surface area contributed by atoms with Crippen LogP contribution in [-0.2, 0) is 11.3 Å². The third-order valence-corrected chi connectivity index (χ3v) is 6.27. The molecule has 5 rings (SSSR count). The summed E-state index contributed by atoms with van der Waals surface area (Å²) in [4.78, 5) is 7.24. The number of hydrogen-bond donors (Lipinski definition) is 0. The molecule has 1 aliphatic rings. The van der Waals surface area contributed by atoms with E-state index in [1.807, 2.05) is 31.2 Å². The van der Waals surface area contributed by atoms with E-state index in [9.17, 15) is 0 Å². The zero-order valence-electron chi connectivity index (χ0n) is 17.2. The molecule has 2 aromatic heterocycles. The lowest BCUT2D eigenvalue weighted by Crippen LogP contribution is -2.36. The normalized spacial score (nSPS) is 16.0. The second-order valence-corrected chi connectivity index (χ2v) is 8.30. The van der Waals surface area contributed by atoms with Crippen molar-refractivity contribution in [2.24, 2.45) is 0 Å². The van der Waals surface area contributed by atoms with Crippen LogP contribution in [0.2, 0.25) is 5.02 Å². The van der Waals surface area contributed by atoms with Gasteiger partial charge in [0.25, 0.3) is 0 Å². The van der Waals surface area contributed by atoms with Crippen LogP contribution in [0.15, 0.2) is 42.5 Å². The maximum absolute atomic E-state index is 6.48. The molecule has 0 N–H and O–H groups in total. The average molecular weight is 422 g/mol. The van der Waals surface area contributed by atoms with Crippen LogP contribution in [-0.4, -0.2) is 50.8 Å². The fourth-order valence-corrected chi connectivity index (χ4v) is 4.52. The predicted molar refractivity (Wildman–Crippen MR) is 119 cm³/mol. The van der Waals surface area contributed by atoms with Crippen LogP contribution in [0.3, 0.4) is 0 Å². The van der Waals surface area contributed by atoms with Crippen LogP contribution in [0, 0.1) is 6.92 Å². The summed E-state index contributed by atoms with van der Waals surface area (Å²) in [6, 6.07) is 14.2. The molecule has 0 radical (unpaired) electrons. The number of fused-ring (bicyclic) bond motifs is 3. The topological polar surface area (TPSA) is 55.5 Å². The van der Waals surface area contributed by atoms with Crippen molar-refractivity contribution < 1.29 is 4.74 Å². The Morgan fingerprint density at radius 3 is 2.67 bits per heavy atom. The Morgan fingerprint density at radius 1 is 1.10 bits per heavy atom. The maximum Gasteiger partial charge on any atom is 0.183 e. The third-order valence-electron chi connectivity index (χ3n) is 5.94. The summed E-state index contributed by atoms with van der Waals surface area (Å²) in [6.07, 6.45) is 2.55. The number of aryl methyl sites for hydroxylation is 1. The van der Waals surface area contributed by atoms with Crippen LogP contribution in [0.1, 0.15) is 24.1 Å². The van der Waals surface area contributed by atoms with Crippen molar-refractivity contribution in [3.05, 3.63) is 58.7 Å². The molecule has 3 heterocycles. The second-order valence-electron chi connectivity index (χ2n) is 7.89. The van der Waals surface area contributed by atoms with Crippen LogP contribution in [0.4, 0.5) is 0 Å². The van der Waals surface area contributed by atoms with Gasteiger partial charge in [-0.05, 0) is 49.6 Å². The molecule has 0 saturated carbocycles. The Bertz CT molecular complexity index is 1210. The number of methoxy groups -OCH3 is 1. The molecule has 6 nitrogen and oxygen atoms in total. The van der Waals surface area contributed by atoms with Gasteiger partial charge in [0.15, 0.2) is 11.5 Å². The Labute approximate surface area is 180 Å². The number of piperidine rings is 1. The van der Waals surface area contributed by atoms with E-state index < -0.39 is 0 Å². The van der Waals surface area contributed by atoms with Crippen LogP contribution < -0.4 is 0 Å². The van der Waals surface area contributed by atoms with Gasteiger partial charge in [-0.3, -0.25) is 9.30 Å². The number of hydrogen-bond acceptors (Lipinski definition) is 5. The van der Waals surface area contributed by atoms with E-state index in [0.29, 0.717) is 11.1 Å². The highest BCUT2D eigenvalue weighted by atomic mass is 35.5. The monoisotopic (exact) mass is 421 g/mol. The fourth-order valence-electron chi connectivity index (χ4n) is 4.30. The van der Waals surface area contributed by atoms with E-state index in [0.717, 1.165) is 66.2 Å². The largest absolute Gasteiger partial charge is 0.381 e. The minimum Gasteiger partial charge on any atom is -0.381 e. The van der Waals surface area contributed by atoms with Crippen molar-refractivity contribution in [2.75, 3.05) is 20.2 Å². The minimum atomic E-state index is 0.389. The Balaban J connectivity index is 1.59. The quantitative estimate of drug-likeness (QED) is 0.485. The van der Waals surface area contributed by atoms with E-state index in [4.69, 9.17) is 21.3 Å². The lowest BCUT2D eigenvalue weighted by Gasteiger charge is -2.31. The number of ether oxygens (including phenoxy) is 1. The number of likely N-dealkylation sites (tertiary alicyclic amines) is 1. The van der Waals surface area contributed by atoms with Crippen molar-refractivity contribution in [2.45, 2.75) is 32.4 Å². The Hall–Kier alpha value is -2.54. The molecule has 0 spiro atoms. The van der Waals surface area contributed by atoms with Gasteiger partial charge >= 0.3 is 0 Å². The van der Waals surface area contributed by atoms with Gasteiger partial charge in [-0.1, -0.05) is 29.8 Å². The number of benzene rings is 2. The number of nitrogens with zero attached hydrogens (tertiary/aromatic N) is 5. The molecule has 0 atom stereocenters. The molecule has 0 unspecified atom stereocenters. The predicted octanol–water partition coefficient (Wildman–Crippen LogP) is 4.52. The third kappa shape index (κ3) is 3.45. The Morgan fingerprint density at radius 2 is 1.90 bits per heavy atom. The van der Waals surface area contributed by atoms with E-state index in [-0.39, 0.29) is 0 Å². The number of rotatable bonds is 4. The van der Waals surface area contributed by atoms with Gasteiger partial charge in [-0.2, -0.15) is 0 Å². The molecule has 0 amide bonds. The first-order valence-corrected chi connectivity index (χ1v) is 10.7. The number of aromatic nitrogens is 4. The van der Waals surface area contributed by atoms with Crippen molar-refractivity contribution >= 4 is 28.3 Å². The maximum atomic E-state index is 6.48. The molecular formula is C23H24ClN5O. The summed E-state index contributed by atoms with van der Waals surface area (Å²) >= 11 is 6.48. The molecule has 1 fully saturated rings. The molecule has 30 heavy (non-hydrogen) atoms.